The molecule has 0 aromatic heterocycles. The fourth-order valence-corrected chi connectivity index (χ4v) is 1.31. The maximum Gasteiger partial charge on any atom is 0.347 e. The first kappa shape index (κ1) is 15.6. The van der Waals surface area contributed by atoms with Crippen molar-refractivity contribution >= 4 is 17.7 Å². The maximum absolute atomic E-state index is 11.4. The lowest BCUT2D eigenvalue weighted by molar-refractivity contribution is -0.167. The Morgan fingerprint density at radius 2 is 1.65 bits per heavy atom. The molecular formula is C12H20O5. The smallest absolute Gasteiger partial charge is 0.347 e. The molecule has 5 heteroatoms. The molecule has 0 heterocycles. The highest BCUT2D eigenvalue weighted by molar-refractivity contribution is 5.87. The Kier molecular flexibility index (Phi) is 8.01. The van der Waals surface area contributed by atoms with Crippen LogP contribution in [-0.2, 0) is 23.9 Å². The molecule has 0 N–H and O–H groups in total. The predicted molar refractivity (Wildman–Crippen MR) is 61.3 cm³/mol. The minimum atomic E-state index is -1.10. The monoisotopic (exact) mass is 244 g/mol. The number of hydrogen-bond acceptors (Lipinski definition) is 5. The molecule has 5 nitrogen and oxygen atoms in total. The lowest BCUT2D eigenvalue weighted by atomic mass is 10.1. The van der Waals surface area contributed by atoms with Crippen molar-refractivity contribution in [2.45, 2.75) is 52.1 Å². The molecule has 1 atom stereocenters. The average molecular weight is 244 g/mol. The summed E-state index contributed by atoms with van der Waals surface area (Å²) < 4.78 is 9.43. The van der Waals surface area contributed by atoms with Gasteiger partial charge in [0.2, 0.25) is 6.10 Å². The van der Waals surface area contributed by atoms with Gasteiger partial charge in [0.1, 0.15) is 5.78 Å². The van der Waals surface area contributed by atoms with Gasteiger partial charge in [0.15, 0.2) is 0 Å². The van der Waals surface area contributed by atoms with Crippen LogP contribution in [0.3, 0.4) is 0 Å². The molecule has 0 saturated carbocycles. The fourth-order valence-electron chi connectivity index (χ4n) is 1.31. The molecule has 0 saturated heterocycles. The number of Topliss-reactive ketones (excluding diaryl/α,β-unsaturated/α-hetero) is 1. The van der Waals surface area contributed by atoms with Crippen LogP contribution in [0.15, 0.2) is 0 Å². The Morgan fingerprint density at radius 3 is 2.12 bits per heavy atom. The third-order valence-electron chi connectivity index (χ3n) is 2.13. The molecule has 0 fully saturated rings. The summed E-state index contributed by atoms with van der Waals surface area (Å²) in [5.41, 5.74) is 0. The van der Waals surface area contributed by atoms with Crippen molar-refractivity contribution in [3.05, 3.63) is 0 Å². The van der Waals surface area contributed by atoms with Crippen molar-refractivity contribution in [1.29, 1.82) is 0 Å². The molecule has 0 aliphatic rings. The van der Waals surface area contributed by atoms with E-state index < -0.39 is 18.0 Å². The number of carbonyl (C=O) groups excluding carboxylic acids is 3. The normalized spacial score (nSPS) is 11.7. The van der Waals surface area contributed by atoms with Gasteiger partial charge in [-0.1, -0.05) is 13.8 Å². The molecule has 0 aliphatic carbocycles. The summed E-state index contributed by atoms with van der Waals surface area (Å²) in [5.74, 6) is -1.27. The van der Waals surface area contributed by atoms with Crippen molar-refractivity contribution in [2.75, 3.05) is 7.11 Å². The summed E-state index contributed by atoms with van der Waals surface area (Å²) in [6.07, 6.45) is 0.744. The topological polar surface area (TPSA) is 69.7 Å². The van der Waals surface area contributed by atoms with E-state index in [2.05, 4.69) is 4.74 Å². The molecule has 1 unspecified atom stereocenters. The van der Waals surface area contributed by atoms with E-state index in [9.17, 15) is 14.4 Å². The van der Waals surface area contributed by atoms with Crippen molar-refractivity contribution in [3.8, 4) is 0 Å². The van der Waals surface area contributed by atoms with E-state index in [0.717, 1.165) is 0 Å². The van der Waals surface area contributed by atoms with Crippen LogP contribution < -0.4 is 0 Å². The number of ketones is 1. The van der Waals surface area contributed by atoms with Gasteiger partial charge < -0.3 is 9.47 Å². The van der Waals surface area contributed by atoms with E-state index in [0.29, 0.717) is 19.3 Å². The molecule has 17 heavy (non-hydrogen) atoms. The molecule has 0 spiro atoms. The van der Waals surface area contributed by atoms with Gasteiger partial charge in [0, 0.05) is 12.8 Å². The average Bonchev–Trinajstić information content (AvgIpc) is 2.27. The van der Waals surface area contributed by atoms with Crippen molar-refractivity contribution in [2.24, 2.45) is 0 Å². The zero-order valence-corrected chi connectivity index (χ0v) is 10.7. The summed E-state index contributed by atoms with van der Waals surface area (Å²) >= 11 is 0. The van der Waals surface area contributed by atoms with Crippen molar-refractivity contribution in [1.82, 2.24) is 0 Å². The summed E-state index contributed by atoms with van der Waals surface area (Å²) in [6, 6.07) is 0. The molecule has 0 aromatic carbocycles. The van der Waals surface area contributed by atoms with E-state index in [1.165, 1.54) is 7.11 Å². The van der Waals surface area contributed by atoms with Crippen LogP contribution in [0.4, 0.5) is 0 Å². The number of hydrogen-bond donors (Lipinski definition) is 0. The van der Waals surface area contributed by atoms with Gasteiger partial charge >= 0.3 is 11.9 Å². The molecule has 0 radical (unpaired) electrons. The second-order valence-corrected chi connectivity index (χ2v) is 3.74. The van der Waals surface area contributed by atoms with E-state index in [1.807, 2.05) is 13.8 Å². The van der Waals surface area contributed by atoms with E-state index in [1.54, 1.807) is 0 Å². The number of carbonyl (C=O) groups is 3. The van der Waals surface area contributed by atoms with Gasteiger partial charge in [-0.15, -0.1) is 0 Å². The highest BCUT2D eigenvalue weighted by atomic mass is 16.6. The number of methoxy groups -OCH3 is 1. The largest absolute Gasteiger partial charge is 0.466 e. The van der Waals surface area contributed by atoms with E-state index in [-0.39, 0.29) is 18.6 Å². The van der Waals surface area contributed by atoms with Crippen LogP contribution in [0.2, 0.25) is 0 Å². The molecule has 0 amide bonds. The Balaban J connectivity index is 4.38. The van der Waals surface area contributed by atoms with Gasteiger partial charge in [-0.2, -0.15) is 0 Å². The first-order valence-electron chi connectivity index (χ1n) is 5.84. The minimum Gasteiger partial charge on any atom is -0.466 e. The molecule has 0 bridgehead atoms. The van der Waals surface area contributed by atoms with Crippen LogP contribution in [-0.4, -0.2) is 30.9 Å². The lowest BCUT2D eigenvalue weighted by Gasteiger charge is -2.14. The second-order valence-electron chi connectivity index (χ2n) is 3.74. The summed E-state index contributed by atoms with van der Waals surface area (Å²) in [6.45, 7) is 3.70. The van der Waals surface area contributed by atoms with E-state index >= 15 is 0 Å². The summed E-state index contributed by atoms with van der Waals surface area (Å²) in [7, 11) is 1.20. The Hall–Kier alpha value is -1.39. The fraction of sp³-hybridized carbons (Fsp3) is 0.750. The first-order chi connectivity index (χ1) is 8.04. The van der Waals surface area contributed by atoms with Crippen LogP contribution in [0.5, 0.6) is 0 Å². The highest BCUT2D eigenvalue weighted by Gasteiger charge is 2.25. The van der Waals surface area contributed by atoms with Gasteiger partial charge in [-0.05, 0) is 12.8 Å². The number of esters is 2. The summed E-state index contributed by atoms with van der Waals surface area (Å²) in [4.78, 5) is 34.0. The van der Waals surface area contributed by atoms with Crippen molar-refractivity contribution in [3.63, 3.8) is 0 Å². The Morgan fingerprint density at radius 1 is 1.06 bits per heavy atom. The number of rotatable bonds is 8. The molecule has 0 rings (SSSR count). The maximum atomic E-state index is 11.4. The Labute approximate surface area is 101 Å². The minimum absolute atomic E-state index is 0.101. The summed E-state index contributed by atoms with van der Waals surface area (Å²) in [5, 5.41) is 0. The van der Waals surface area contributed by atoms with Crippen LogP contribution in [0.25, 0.3) is 0 Å². The lowest BCUT2D eigenvalue weighted by Crippen LogP contribution is -2.30. The van der Waals surface area contributed by atoms with Crippen LogP contribution >= 0.6 is 0 Å². The van der Waals surface area contributed by atoms with E-state index in [4.69, 9.17) is 4.74 Å². The standard InChI is InChI=1S/C12H20O5/c1-4-6-9(13)8-10(12(15)16-3)17-11(14)7-5-2/h10H,4-8H2,1-3H3. The Bertz CT molecular complexity index is 252. The van der Waals surface area contributed by atoms with Crippen LogP contribution in [0, 0.1) is 0 Å². The molecular weight excluding hydrogens is 224 g/mol. The molecule has 0 aliphatic heterocycles. The highest BCUT2D eigenvalue weighted by Crippen LogP contribution is 2.07. The first-order valence-corrected chi connectivity index (χ1v) is 5.84. The zero-order valence-electron chi connectivity index (χ0n) is 10.7. The van der Waals surface area contributed by atoms with Gasteiger partial charge in [-0.3, -0.25) is 9.59 Å². The van der Waals surface area contributed by atoms with Gasteiger partial charge in [-0.25, -0.2) is 4.79 Å². The predicted octanol–water partition coefficient (Wildman–Crippen LogP) is 1.63. The molecule has 0 aromatic rings. The molecule has 98 valence electrons. The number of ether oxygens (including phenoxy) is 2. The third kappa shape index (κ3) is 6.71. The van der Waals surface area contributed by atoms with Crippen LogP contribution in [0.1, 0.15) is 46.0 Å². The third-order valence-corrected chi connectivity index (χ3v) is 2.13. The van der Waals surface area contributed by atoms with Crippen molar-refractivity contribution < 1.29 is 23.9 Å². The van der Waals surface area contributed by atoms with Gasteiger partial charge in [0.25, 0.3) is 0 Å². The zero-order chi connectivity index (χ0) is 13.3. The second kappa shape index (κ2) is 8.73. The van der Waals surface area contributed by atoms with Gasteiger partial charge in [0.05, 0.1) is 13.5 Å². The quantitative estimate of drug-likeness (QED) is 0.607. The SMILES string of the molecule is CCCC(=O)CC(OC(=O)CCC)C(=O)OC.